The Hall–Kier alpha value is -1.00. The minimum atomic E-state index is -0.842. The zero-order chi connectivity index (χ0) is 11.5. The van der Waals surface area contributed by atoms with Gasteiger partial charge < -0.3 is 0 Å². The molecule has 1 aromatic carbocycles. The number of aromatic nitrogens is 1. The number of rotatable bonds is 3. The first-order valence-electron chi connectivity index (χ1n) is 4.63. The number of alkyl halides is 1. The van der Waals surface area contributed by atoms with Gasteiger partial charge in [-0.3, -0.25) is 4.98 Å². The summed E-state index contributed by atoms with van der Waals surface area (Å²) in [6.45, 7) is 0. The van der Waals surface area contributed by atoms with Crippen LogP contribution in [0.5, 0.6) is 0 Å². The van der Waals surface area contributed by atoms with E-state index in [4.69, 9.17) is 11.6 Å². The van der Waals surface area contributed by atoms with Crippen LogP contribution in [0.2, 0.25) is 0 Å². The van der Waals surface area contributed by atoms with Crippen molar-refractivity contribution in [3.63, 3.8) is 0 Å². The standard InChI is InChI=1S/C11H8ClF2NS/c12-8(11-5-15-6-16-11)3-7-1-2-9(13)10(14)4-7/h1-2,4-6,8H,3H2. The summed E-state index contributed by atoms with van der Waals surface area (Å²) in [5, 5.41) is -0.252. The van der Waals surface area contributed by atoms with Crippen molar-refractivity contribution in [2.45, 2.75) is 11.8 Å². The first-order valence-corrected chi connectivity index (χ1v) is 5.95. The minimum absolute atomic E-state index is 0.252. The van der Waals surface area contributed by atoms with Gasteiger partial charge in [0.25, 0.3) is 0 Å². The van der Waals surface area contributed by atoms with Crippen LogP contribution < -0.4 is 0 Å². The number of hydrogen-bond donors (Lipinski definition) is 0. The number of benzene rings is 1. The van der Waals surface area contributed by atoms with Gasteiger partial charge in [-0.25, -0.2) is 8.78 Å². The summed E-state index contributed by atoms with van der Waals surface area (Å²) in [5.41, 5.74) is 2.36. The van der Waals surface area contributed by atoms with Crippen molar-refractivity contribution >= 4 is 22.9 Å². The predicted octanol–water partition coefficient (Wildman–Crippen LogP) is 3.94. The molecule has 1 nitrogen and oxygen atoms in total. The van der Waals surface area contributed by atoms with Crippen LogP contribution in [0.1, 0.15) is 15.8 Å². The van der Waals surface area contributed by atoms with Crippen LogP contribution in [0, 0.1) is 11.6 Å². The van der Waals surface area contributed by atoms with E-state index in [2.05, 4.69) is 4.98 Å². The second kappa shape index (κ2) is 4.89. The second-order valence-electron chi connectivity index (χ2n) is 3.32. The molecule has 1 unspecified atom stereocenters. The summed E-state index contributed by atoms with van der Waals surface area (Å²) in [5.74, 6) is -1.68. The molecule has 2 rings (SSSR count). The molecule has 2 aromatic rings. The molecule has 0 aliphatic rings. The molecular weight excluding hydrogens is 252 g/mol. The maximum atomic E-state index is 12.9. The Morgan fingerprint density at radius 2 is 2.12 bits per heavy atom. The van der Waals surface area contributed by atoms with Crippen molar-refractivity contribution in [3.05, 3.63) is 52.0 Å². The van der Waals surface area contributed by atoms with E-state index in [0.29, 0.717) is 12.0 Å². The summed E-state index contributed by atoms with van der Waals surface area (Å²) in [6, 6.07) is 3.82. The van der Waals surface area contributed by atoms with Crippen molar-refractivity contribution in [1.29, 1.82) is 0 Å². The molecule has 0 radical (unpaired) electrons. The number of hydrogen-bond acceptors (Lipinski definition) is 2. The van der Waals surface area contributed by atoms with E-state index >= 15 is 0 Å². The highest BCUT2D eigenvalue weighted by molar-refractivity contribution is 7.09. The Bertz CT molecular complexity index is 473. The molecule has 0 saturated carbocycles. The van der Waals surface area contributed by atoms with Gasteiger partial charge in [0.15, 0.2) is 11.6 Å². The van der Waals surface area contributed by atoms with E-state index in [9.17, 15) is 8.78 Å². The van der Waals surface area contributed by atoms with Crippen LogP contribution in [-0.2, 0) is 6.42 Å². The summed E-state index contributed by atoms with van der Waals surface area (Å²) in [4.78, 5) is 4.84. The first kappa shape index (κ1) is 11.5. The molecular formula is C11H8ClF2NS. The molecule has 0 aliphatic carbocycles. The average molecular weight is 260 g/mol. The van der Waals surface area contributed by atoms with Gasteiger partial charge in [-0.05, 0) is 24.1 Å². The topological polar surface area (TPSA) is 12.9 Å². The van der Waals surface area contributed by atoms with E-state index in [0.717, 1.165) is 10.9 Å². The third-order valence-electron chi connectivity index (χ3n) is 2.16. The smallest absolute Gasteiger partial charge is 0.159 e. The first-order chi connectivity index (χ1) is 7.66. The third-order valence-corrected chi connectivity index (χ3v) is 3.57. The van der Waals surface area contributed by atoms with Gasteiger partial charge in [0.05, 0.1) is 10.9 Å². The van der Waals surface area contributed by atoms with Crippen molar-refractivity contribution in [3.8, 4) is 0 Å². The molecule has 5 heteroatoms. The van der Waals surface area contributed by atoms with Crippen LogP contribution >= 0.6 is 22.9 Å². The van der Waals surface area contributed by atoms with E-state index < -0.39 is 11.6 Å². The number of nitrogens with zero attached hydrogens (tertiary/aromatic N) is 1. The molecule has 0 bridgehead atoms. The zero-order valence-electron chi connectivity index (χ0n) is 8.16. The summed E-state index contributed by atoms with van der Waals surface area (Å²) in [7, 11) is 0. The van der Waals surface area contributed by atoms with Crippen molar-refractivity contribution in [1.82, 2.24) is 4.98 Å². The fraction of sp³-hybridized carbons (Fsp3) is 0.182. The lowest BCUT2D eigenvalue weighted by atomic mass is 10.1. The highest BCUT2D eigenvalue weighted by Gasteiger charge is 2.12. The fourth-order valence-corrected chi connectivity index (χ4v) is 2.34. The molecule has 16 heavy (non-hydrogen) atoms. The van der Waals surface area contributed by atoms with Gasteiger partial charge in [0.2, 0.25) is 0 Å². The lowest BCUT2D eigenvalue weighted by Gasteiger charge is -2.06. The Balaban J connectivity index is 2.12. The summed E-state index contributed by atoms with van der Waals surface area (Å²) >= 11 is 7.58. The zero-order valence-corrected chi connectivity index (χ0v) is 9.73. The Morgan fingerprint density at radius 1 is 1.31 bits per heavy atom. The van der Waals surface area contributed by atoms with Crippen LogP contribution in [-0.4, -0.2) is 4.98 Å². The lowest BCUT2D eigenvalue weighted by molar-refractivity contribution is 0.507. The van der Waals surface area contributed by atoms with Crippen LogP contribution in [0.15, 0.2) is 29.9 Å². The van der Waals surface area contributed by atoms with Crippen molar-refractivity contribution in [2.75, 3.05) is 0 Å². The fourth-order valence-electron chi connectivity index (χ4n) is 1.35. The Labute approximate surface area is 101 Å². The molecule has 1 aromatic heterocycles. The maximum absolute atomic E-state index is 12.9. The molecule has 1 heterocycles. The largest absolute Gasteiger partial charge is 0.253 e. The lowest BCUT2D eigenvalue weighted by Crippen LogP contribution is -1.95. The molecule has 0 fully saturated rings. The molecule has 1 atom stereocenters. The normalized spacial score (nSPS) is 12.7. The van der Waals surface area contributed by atoms with Gasteiger partial charge in [-0.15, -0.1) is 22.9 Å². The van der Waals surface area contributed by atoms with E-state index in [1.54, 1.807) is 11.7 Å². The highest BCUT2D eigenvalue weighted by Crippen LogP contribution is 2.27. The average Bonchev–Trinajstić information content (AvgIpc) is 2.77. The van der Waals surface area contributed by atoms with Gasteiger partial charge in [-0.1, -0.05) is 6.07 Å². The third kappa shape index (κ3) is 2.57. The van der Waals surface area contributed by atoms with E-state index in [1.165, 1.54) is 23.5 Å². The van der Waals surface area contributed by atoms with Crippen LogP contribution in [0.25, 0.3) is 0 Å². The quantitative estimate of drug-likeness (QED) is 0.761. The highest BCUT2D eigenvalue weighted by atomic mass is 35.5. The second-order valence-corrected chi connectivity index (χ2v) is 4.77. The monoisotopic (exact) mass is 259 g/mol. The van der Waals surface area contributed by atoms with E-state index in [1.807, 2.05) is 0 Å². The molecule has 84 valence electrons. The molecule has 0 spiro atoms. The Morgan fingerprint density at radius 3 is 2.75 bits per heavy atom. The van der Waals surface area contributed by atoms with Gasteiger partial charge >= 0.3 is 0 Å². The summed E-state index contributed by atoms with van der Waals surface area (Å²) in [6.07, 6.45) is 2.14. The van der Waals surface area contributed by atoms with E-state index in [-0.39, 0.29) is 5.38 Å². The van der Waals surface area contributed by atoms with Crippen molar-refractivity contribution in [2.24, 2.45) is 0 Å². The van der Waals surface area contributed by atoms with Crippen LogP contribution in [0.4, 0.5) is 8.78 Å². The number of thiazole rings is 1. The minimum Gasteiger partial charge on any atom is -0.253 e. The predicted molar refractivity (Wildman–Crippen MR) is 60.8 cm³/mol. The van der Waals surface area contributed by atoms with Gasteiger partial charge in [-0.2, -0.15) is 0 Å². The van der Waals surface area contributed by atoms with Crippen LogP contribution in [0.3, 0.4) is 0 Å². The Kier molecular flexibility index (Phi) is 3.51. The van der Waals surface area contributed by atoms with Gasteiger partial charge in [0, 0.05) is 11.1 Å². The number of halogens is 3. The van der Waals surface area contributed by atoms with Gasteiger partial charge in [0.1, 0.15) is 0 Å². The van der Waals surface area contributed by atoms with Crippen molar-refractivity contribution < 1.29 is 8.78 Å². The summed E-state index contributed by atoms with van der Waals surface area (Å²) < 4.78 is 25.6. The molecule has 0 N–H and O–H groups in total. The SMILES string of the molecule is Fc1ccc(CC(Cl)c2cncs2)cc1F. The molecule has 0 amide bonds. The molecule has 0 saturated heterocycles. The maximum Gasteiger partial charge on any atom is 0.159 e. The molecule has 0 aliphatic heterocycles.